The van der Waals surface area contributed by atoms with E-state index in [1.165, 1.54) is 29.0 Å². The minimum absolute atomic E-state index is 0.224. The fourth-order valence-corrected chi connectivity index (χ4v) is 8.02. The summed E-state index contributed by atoms with van der Waals surface area (Å²) in [4.78, 5) is 46.8. The first kappa shape index (κ1) is 32.5. The van der Waals surface area contributed by atoms with Gasteiger partial charge in [0.05, 0.1) is 40.7 Å². The highest BCUT2D eigenvalue weighted by atomic mass is 32.1. The van der Waals surface area contributed by atoms with E-state index in [2.05, 4.69) is 31.4 Å². The van der Waals surface area contributed by atoms with Crippen molar-refractivity contribution in [3.05, 3.63) is 102 Å². The molecule has 14 heteroatoms. The molecule has 5 heterocycles. The van der Waals surface area contributed by atoms with E-state index in [-0.39, 0.29) is 12.6 Å². The van der Waals surface area contributed by atoms with Gasteiger partial charge >= 0.3 is 12.0 Å². The smallest absolute Gasteiger partial charge is 0.358 e. The van der Waals surface area contributed by atoms with Crippen molar-refractivity contribution in [3.8, 4) is 22.0 Å². The number of carbonyl (C=O) groups is 2. The number of aromatic nitrogens is 6. The van der Waals surface area contributed by atoms with Gasteiger partial charge in [-0.15, -0.1) is 11.3 Å². The van der Waals surface area contributed by atoms with Gasteiger partial charge in [0.25, 0.3) is 0 Å². The van der Waals surface area contributed by atoms with Crippen molar-refractivity contribution in [2.75, 3.05) is 30.0 Å². The van der Waals surface area contributed by atoms with E-state index in [0.29, 0.717) is 41.8 Å². The molecule has 51 heavy (non-hydrogen) atoms. The average Bonchev–Trinajstić information content (AvgIpc) is 3.90. The van der Waals surface area contributed by atoms with Gasteiger partial charge in [0, 0.05) is 28.9 Å². The number of esters is 1. The van der Waals surface area contributed by atoms with Crippen LogP contribution >= 0.6 is 22.7 Å². The first-order valence-corrected chi connectivity index (χ1v) is 18.3. The third-order valence-corrected chi connectivity index (χ3v) is 10.6. The van der Waals surface area contributed by atoms with Crippen LogP contribution in [-0.4, -0.2) is 61.5 Å². The van der Waals surface area contributed by atoms with E-state index >= 15 is 0 Å². The molecule has 1 N–H and O–H groups in total. The highest BCUT2D eigenvalue weighted by Gasteiger charge is 2.26. The van der Waals surface area contributed by atoms with E-state index < -0.39 is 5.97 Å². The minimum Gasteiger partial charge on any atom is -0.494 e. The molecule has 2 amide bonds. The molecule has 4 aromatic heterocycles. The molecule has 0 saturated heterocycles. The molecular formula is C37H32N8O4S2. The van der Waals surface area contributed by atoms with Crippen LogP contribution in [0.2, 0.25) is 0 Å². The monoisotopic (exact) mass is 716 g/mol. The lowest BCUT2D eigenvalue weighted by molar-refractivity contribution is 0.0519. The van der Waals surface area contributed by atoms with Gasteiger partial charge in [-0.3, -0.25) is 10.2 Å². The van der Waals surface area contributed by atoms with Crippen LogP contribution in [0.3, 0.4) is 0 Å². The lowest BCUT2D eigenvalue weighted by Gasteiger charge is -2.29. The maximum absolute atomic E-state index is 13.5. The topological polar surface area (TPSA) is 137 Å². The highest BCUT2D eigenvalue weighted by Crippen LogP contribution is 2.36. The summed E-state index contributed by atoms with van der Waals surface area (Å²) in [7, 11) is 0. The van der Waals surface area contributed by atoms with Crippen LogP contribution < -0.4 is 15.0 Å². The van der Waals surface area contributed by atoms with Gasteiger partial charge in [0.15, 0.2) is 16.5 Å². The predicted molar refractivity (Wildman–Crippen MR) is 198 cm³/mol. The van der Waals surface area contributed by atoms with E-state index in [4.69, 9.17) is 14.5 Å². The second-order valence-corrected chi connectivity index (χ2v) is 13.9. The summed E-state index contributed by atoms with van der Waals surface area (Å²) in [6.45, 7) is 3.07. The number of ether oxygens (including phenoxy) is 2. The normalized spacial score (nSPS) is 12.6. The highest BCUT2D eigenvalue weighted by molar-refractivity contribution is 7.22. The SMILES string of the molecule is CCOC(=O)c1nc(-c2ccc3c(c2)N(C(=O)Nc2nc4ccccc4s2)CCC3)sc1CCCOc1ccc(-n2ncc3cncnc32)cc1. The maximum Gasteiger partial charge on any atom is 0.358 e. The van der Waals surface area contributed by atoms with Crippen LogP contribution in [0.25, 0.3) is 37.5 Å². The van der Waals surface area contributed by atoms with Crippen molar-refractivity contribution in [2.45, 2.75) is 32.6 Å². The number of carbonyl (C=O) groups excluding carboxylic acids is 2. The summed E-state index contributed by atoms with van der Waals surface area (Å²) in [5.74, 6) is 0.281. The number of hydrogen-bond acceptors (Lipinski definition) is 11. The molecule has 1 aliphatic heterocycles. The molecule has 12 nitrogen and oxygen atoms in total. The average molecular weight is 717 g/mol. The van der Waals surface area contributed by atoms with Crippen LogP contribution in [0.5, 0.6) is 5.75 Å². The third-order valence-electron chi connectivity index (χ3n) is 8.50. The Kier molecular flexibility index (Phi) is 9.07. The largest absolute Gasteiger partial charge is 0.494 e. The van der Waals surface area contributed by atoms with E-state index in [9.17, 15) is 9.59 Å². The molecule has 256 valence electrons. The molecule has 0 radical (unpaired) electrons. The summed E-state index contributed by atoms with van der Waals surface area (Å²) in [5, 5.41) is 9.55. The van der Waals surface area contributed by atoms with Crippen molar-refractivity contribution in [2.24, 2.45) is 0 Å². The summed E-state index contributed by atoms with van der Waals surface area (Å²) < 4.78 is 14.2. The number of nitrogens with zero attached hydrogens (tertiary/aromatic N) is 7. The molecule has 0 saturated carbocycles. The number of aryl methyl sites for hydroxylation is 2. The Balaban J connectivity index is 0.960. The first-order valence-electron chi connectivity index (χ1n) is 16.7. The standard InChI is InChI=1S/C37H32N8O4S2/c1-2-48-35(46)32-31(10-6-18-49-27-15-13-26(14-16-27)45-33-25(21-40-45)20-38-22-39-33)50-34(42-32)24-12-11-23-7-5-17-44(29(23)19-24)37(47)43-36-41-28-8-3-4-9-30(28)51-36/h3-4,8-9,11-16,19-22H,2,5-7,10,17-18H2,1H3,(H,41,43,47). The zero-order chi connectivity index (χ0) is 34.7. The van der Waals surface area contributed by atoms with Crippen LogP contribution in [0.4, 0.5) is 15.6 Å². The Hall–Kier alpha value is -5.73. The zero-order valence-electron chi connectivity index (χ0n) is 27.6. The summed E-state index contributed by atoms with van der Waals surface area (Å²) in [6.07, 6.45) is 7.96. The number of anilines is 2. The number of nitrogens with one attached hydrogen (secondary N) is 1. The minimum atomic E-state index is -0.447. The molecule has 1 aliphatic rings. The predicted octanol–water partition coefficient (Wildman–Crippen LogP) is 7.72. The van der Waals surface area contributed by atoms with Gasteiger partial charge in [-0.2, -0.15) is 5.10 Å². The Morgan fingerprint density at radius 1 is 1.00 bits per heavy atom. The molecular weight excluding hydrogens is 685 g/mol. The second-order valence-electron chi connectivity index (χ2n) is 11.8. The summed E-state index contributed by atoms with van der Waals surface area (Å²) >= 11 is 2.92. The van der Waals surface area contributed by atoms with Crippen molar-refractivity contribution >= 4 is 66.7 Å². The Labute approximate surface area is 300 Å². The van der Waals surface area contributed by atoms with Crippen LogP contribution in [0.15, 0.2) is 85.5 Å². The number of hydrogen-bond donors (Lipinski definition) is 1. The summed E-state index contributed by atoms with van der Waals surface area (Å²) in [5.41, 5.74) is 5.53. The fourth-order valence-electron chi connectivity index (χ4n) is 6.08. The van der Waals surface area contributed by atoms with E-state index in [1.807, 2.05) is 60.7 Å². The van der Waals surface area contributed by atoms with Gasteiger partial charge in [-0.1, -0.05) is 35.6 Å². The number of urea groups is 1. The molecule has 0 unspecified atom stereocenters. The molecule has 8 rings (SSSR count). The number of benzene rings is 3. The Morgan fingerprint density at radius 2 is 1.88 bits per heavy atom. The molecule has 0 atom stereocenters. The van der Waals surface area contributed by atoms with Crippen LogP contribution in [0.1, 0.15) is 40.7 Å². The van der Waals surface area contributed by atoms with Gasteiger partial charge in [0.1, 0.15) is 17.1 Å². The first-order chi connectivity index (χ1) is 25.0. The number of amides is 2. The van der Waals surface area contributed by atoms with Crippen molar-refractivity contribution in [3.63, 3.8) is 0 Å². The maximum atomic E-state index is 13.5. The number of para-hydroxylation sites is 1. The van der Waals surface area contributed by atoms with E-state index in [1.54, 1.807) is 28.9 Å². The quantitative estimate of drug-likeness (QED) is 0.111. The lowest BCUT2D eigenvalue weighted by atomic mass is 10.00. The molecule has 0 spiro atoms. The molecule has 0 bridgehead atoms. The van der Waals surface area contributed by atoms with Gasteiger partial charge < -0.3 is 9.47 Å². The fraction of sp³-hybridized carbons (Fsp3) is 0.216. The second kappa shape index (κ2) is 14.2. The van der Waals surface area contributed by atoms with E-state index in [0.717, 1.165) is 67.2 Å². The lowest BCUT2D eigenvalue weighted by Crippen LogP contribution is -2.38. The molecule has 3 aromatic carbocycles. The molecule has 7 aromatic rings. The number of rotatable bonds is 10. The zero-order valence-corrected chi connectivity index (χ0v) is 29.2. The Bertz CT molecular complexity index is 2340. The Morgan fingerprint density at radius 3 is 2.75 bits per heavy atom. The van der Waals surface area contributed by atoms with Crippen LogP contribution in [-0.2, 0) is 17.6 Å². The van der Waals surface area contributed by atoms with Gasteiger partial charge in [0.2, 0.25) is 0 Å². The van der Waals surface area contributed by atoms with Crippen molar-refractivity contribution in [1.29, 1.82) is 0 Å². The third kappa shape index (κ3) is 6.75. The van der Waals surface area contributed by atoms with Crippen LogP contribution in [0, 0.1) is 0 Å². The van der Waals surface area contributed by atoms with Crippen molar-refractivity contribution < 1.29 is 19.1 Å². The number of fused-ring (bicyclic) bond motifs is 3. The van der Waals surface area contributed by atoms with Crippen molar-refractivity contribution in [1.82, 2.24) is 29.7 Å². The number of thiazole rings is 2. The molecule has 0 aliphatic carbocycles. The van der Waals surface area contributed by atoms with Gasteiger partial charge in [-0.05, 0) is 80.6 Å². The molecule has 0 fully saturated rings. The summed E-state index contributed by atoms with van der Waals surface area (Å²) in [6, 6.07) is 21.3. The van der Waals surface area contributed by atoms with Gasteiger partial charge in [-0.25, -0.2) is 34.2 Å².